The molecule has 1 N–H and O–H groups in total. The second-order valence-electron chi connectivity index (χ2n) is 9.01. The minimum absolute atomic E-state index is 0.140. The molecule has 27 heavy (non-hydrogen) atoms. The second kappa shape index (κ2) is 8.23. The number of halogens is 3. The average Bonchev–Trinajstić information content (AvgIpc) is 2.97. The first kappa shape index (κ1) is 22.4. The van der Waals surface area contributed by atoms with Gasteiger partial charge in [-0.3, -0.25) is 4.90 Å². The number of benzene rings is 1. The van der Waals surface area contributed by atoms with Crippen molar-refractivity contribution < 1.29 is 17.6 Å². The summed E-state index contributed by atoms with van der Waals surface area (Å²) >= 11 is 0. The number of likely N-dealkylation sites (tertiary alicyclic amines) is 1. The predicted molar refractivity (Wildman–Crippen MR) is 106 cm³/mol. The summed E-state index contributed by atoms with van der Waals surface area (Å²) in [7, 11) is -0.0112. The number of hydrogen-bond acceptors (Lipinski definition) is 3. The predicted octanol–water partition coefficient (Wildman–Crippen LogP) is 5.06. The van der Waals surface area contributed by atoms with E-state index in [0.717, 1.165) is 25.6 Å². The summed E-state index contributed by atoms with van der Waals surface area (Å²) in [5.41, 5.74) is 0.0712. The molecule has 2 rings (SSSR count). The van der Waals surface area contributed by atoms with Crippen LogP contribution in [0, 0.1) is 0 Å². The van der Waals surface area contributed by atoms with Gasteiger partial charge in [0.25, 0.3) is 0 Å². The highest BCUT2D eigenvalue weighted by atomic mass is 28.4. The Balaban J connectivity index is 2.00. The van der Waals surface area contributed by atoms with Gasteiger partial charge in [-0.1, -0.05) is 32.9 Å². The lowest BCUT2D eigenvalue weighted by atomic mass is 10.0. The van der Waals surface area contributed by atoms with Gasteiger partial charge in [0.2, 0.25) is 0 Å². The highest BCUT2D eigenvalue weighted by Gasteiger charge is 2.40. The van der Waals surface area contributed by atoms with E-state index >= 15 is 0 Å². The Hall–Kier alpha value is -0.893. The summed E-state index contributed by atoms with van der Waals surface area (Å²) in [4.78, 5) is 2.29. The van der Waals surface area contributed by atoms with Gasteiger partial charge >= 0.3 is 6.18 Å². The monoisotopic (exact) mass is 402 g/mol. The van der Waals surface area contributed by atoms with Gasteiger partial charge in [-0.2, -0.15) is 13.2 Å². The number of nitrogens with one attached hydrogen (secondary N) is 1. The van der Waals surface area contributed by atoms with Gasteiger partial charge in [0.1, 0.15) is 0 Å². The summed E-state index contributed by atoms with van der Waals surface area (Å²) in [5.74, 6) is 0. The molecule has 0 spiro atoms. The molecule has 0 radical (unpaired) electrons. The zero-order valence-corrected chi connectivity index (χ0v) is 18.3. The third-order valence-electron chi connectivity index (χ3n) is 5.90. The van der Waals surface area contributed by atoms with Crippen LogP contribution in [-0.2, 0) is 10.6 Å². The Kier molecular flexibility index (Phi) is 6.83. The topological polar surface area (TPSA) is 24.5 Å². The standard InChI is InChI=1S/C20H33F3N2OSi/c1-19(2,3)27(5,6)26-17-10-11-25(13-17)14-18(24-4)15-8-7-9-16(12-15)20(21,22)23/h7-9,12,17-18,24H,10-11,13-14H2,1-6H3/t17-,18+/m0/s1. The van der Waals surface area contributed by atoms with E-state index in [2.05, 4.69) is 44.1 Å². The van der Waals surface area contributed by atoms with Crippen molar-refractivity contribution in [2.45, 2.75) is 63.6 Å². The molecule has 1 aliphatic heterocycles. The maximum absolute atomic E-state index is 13.0. The zero-order valence-electron chi connectivity index (χ0n) is 17.3. The molecular formula is C20H33F3N2OSi. The molecule has 1 fully saturated rings. The van der Waals surface area contributed by atoms with Crippen LogP contribution < -0.4 is 5.32 Å². The molecule has 0 unspecified atom stereocenters. The second-order valence-corrected chi connectivity index (χ2v) is 13.8. The van der Waals surface area contributed by atoms with Crippen molar-refractivity contribution in [3.8, 4) is 0 Å². The van der Waals surface area contributed by atoms with E-state index in [0.29, 0.717) is 12.1 Å². The quantitative estimate of drug-likeness (QED) is 0.673. The lowest BCUT2D eigenvalue weighted by Gasteiger charge is -2.38. The third kappa shape index (κ3) is 5.79. The molecule has 154 valence electrons. The number of rotatable bonds is 6. The van der Waals surface area contributed by atoms with Crippen LogP contribution in [0.25, 0.3) is 0 Å². The van der Waals surface area contributed by atoms with Crippen LogP contribution in [0.15, 0.2) is 24.3 Å². The van der Waals surface area contributed by atoms with Gasteiger partial charge in [0, 0.05) is 25.7 Å². The molecule has 1 aromatic carbocycles. The first-order valence-corrected chi connectivity index (χ1v) is 12.5. The Morgan fingerprint density at radius 2 is 1.93 bits per heavy atom. The van der Waals surface area contributed by atoms with Crippen molar-refractivity contribution in [1.29, 1.82) is 0 Å². The van der Waals surface area contributed by atoms with Crippen LogP contribution >= 0.6 is 0 Å². The molecule has 0 aliphatic carbocycles. The Morgan fingerprint density at radius 1 is 1.26 bits per heavy atom. The largest absolute Gasteiger partial charge is 0.416 e. The normalized spacial score (nSPS) is 20.9. The molecule has 0 bridgehead atoms. The molecule has 1 aliphatic rings. The summed E-state index contributed by atoms with van der Waals surface area (Å²) in [5, 5.41) is 3.34. The molecule has 3 nitrogen and oxygen atoms in total. The smallest absolute Gasteiger partial charge is 0.413 e. The van der Waals surface area contributed by atoms with Crippen molar-refractivity contribution in [3.05, 3.63) is 35.4 Å². The van der Waals surface area contributed by atoms with Crippen molar-refractivity contribution in [2.24, 2.45) is 0 Å². The Labute approximate surface area is 162 Å². The summed E-state index contributed by atoms with van der Waals surface area (Å²) in [6.45, 7) is 13.6. The van der Waals surface area contributed by atoms with Crippen LogP contribution in [0.4, 0.5) is 13.2 Å². The van der Waals surface area contributed by atoms with E-state index in [1.165, 1.54) is 12.1 Å². The molecule has 7 heteroatoms. The van der Waals surface area contributed by atoms with Crippen LogP contribution in [0.2, 0.25) is 18.1 Å². The number of nitrogens with zero attached hydrogens (tertiary/aromatic N) is 1. The minimum atomic E-state index is -4.32. The van der Waals surface area contributed by atoms with Gasteiger partial charge in [-0.25, -0.2) is 0 Å². The highest BCUT2D eigenvalue weighted by Crippen LogP contribution is 2.38. The average molecular weight is 403 g/mol. The Morgan fingerprint density at radius 3 is 2.48 bits per heavy atom. The van der Waals surface area contributed by atoms with Crippen LogP contribution in [-0.4, -0.2) is 46.0 Å². The first-order valence-electron chi connectivity index (χ1n) is 9.58. The van der Waals surface area contributed by atoms with Gasteiger partial charge in [0.15, 0.2) is 8.32 Å². The van der Waals surface area contributed by atoms with Gasteiger partial charge in [0.05, 0.1) is 11.7 Å². The molecule has 1 aromatic rings. The fourth-order valence-electron chi connectivity index (χ4n) is 3.21. The highest BCUT2D eigenvalue weighted by molar-refractivity contribution is 6.74. The van der Waals surface area contributed by atoms with E-state index < -0.39 is 20.1 Å². The molecule has 1 saturated heterocycles. The van der Waals surface area contributed by atoms with Gasteiger partial charge < -0.3 is 9.74 Å². The molecule has 2 atom stereocenters. The fourth-order valence-corrected chi connectivity index (χ4v) is 4.59. The molecule has 0 aromatic heterocycles. The first-order chi connectivity index (χ1) is 12.3. The Bertz CT molecular complexity index is 628. The zero-order chi connectivity index (χ0) is 20.5. The van der Waals surface area contributed by atoms with Crippen molar-refractivity contribution in [1.82, 2.24) is 10.2 Å². The van der Waals surface area contributed by atoms with Crippen LogP contribution in [0.1, 0.15) is 44.4 Å². The molecule has 0 amide bonds. The van der Waals surface area contributed by atoms with E-state index in [9.17, 15) is 13.2 Å². The fraction of sp³-hybridized carbons (Fsp3) is 0.700. The summed E-state index contributed by atoms with van der Waals surface area (Å²) < 4.78 is 45.5. The maximum atomic E-state index is 13.0. The van der Waals surface area contributed by atoms with Crippen LogP contribution in [0.5, 0.6) is 0 Å². The lowest BCUT2D eigenvalue weighted by molar-refractivity contribution is -0.137. The maximum Gasteiger partial charge on any atom is 0.416 e. The number of likely N-dealkylation sites (N-methyl/N-ethyl adjacent to an activating group) is 1. The van der Waals surface area contributed by atoms with Crippen molar-refractivity contribution in [2.75, 3.05) is 26.7 Å². The minimum Gasteiger partial charge on any atom is -0.413 e. The lowest BCUT2D eigenvalue weighted by Crippen LogP contribution is -2.44. The molecule has 0 saturated carbocycles. The van der Waals surface area contributed by atoms with Gasteiger partial charge in [-0.05, 0) is 49.3 Å². The van der Waals surface area contributed by atoms with Crippen LogP contribution in [0.3, 0.4) is 0 Å². The van der Waals surface area contributed by atoms with Crippen molar-refractivity contribution in [3.63, 3.8) is 0 Å². The van der Waals surface area contributed by atoms with E-state index in [-0.39, 0.29) is 17.2 Å². The number of hydrogen-bond donors (Lipinski definition) is 1. The summed E-state index contributed by atoms with van der Waals surface area (Å²) in [6, 6.07) is 5.47. The third-order valence-corrected chi connectivity index (χ3v) is 10.4. The van der Waals surface area contributed by atoms with Gasteiger partial charge in [-0.15, -0.1) is 0 Å². The van der Waals surface area contributed by atoms with E-state index in [4.69, 9.17) is 4.43 Å². The SMILES string of the molecule is CN[C@H](CN1CC[C@H](O[Si](C)(C)C(C)(C)C)C1)c1cccc(C(F)(F)F)c1. The van der Waals surface area contributed by atoms with E-state index in [1.807, 2.05) is 0 Å². The molecule has 1 heterocycles. The number of alkyl halides is 3. The van der Waals surface area contributed by atoms with Crippen molar-refractivity contribution >= 4 is 8.32 Å². The molecular weight excluding hydrogens is 369 g/mol. The summed E-state index contributed by atoms with van der Waals surface area (Å²) in [6.07, 6.45) is -3.12. The van der Waals surface area contributed by atoms with E-state index in [1.54, 1.807) is 13.1 Å².